The molecule has 38 valence electrons. The standard InChI is InChI=1S/C3H7BrClP/c1-3(2-4)6-5/h3,6H,2H2,1H3. The van der Waals surface area contributed by atoms with E-state index in [1.54, 1.807) is 0 Å². The molecule has 0 amide bonds. The summed E-state index contributed by atoms with van der Waals surface area (Å²) in [7, 11) is 0.557. The van der Waals surface area contributed by atoms with Crippen LogP contribution in [0.15, 0.2) is 0 Å². The van der Waals surface area contributed by atoms with Crippen LogP contribution >= 0.6 is 35.1 Å². The van der Waals surface area contributed by atoms with E-state index in [4.69, 9.17) is 11.2 Å². The van der Waals surface area contributed by atoms with Crippen LogP contribution in [0.3, 0.4) is 0 Å². The quantitative estimate of drug-likeness (QED) is 0.463. The van der Waals surface area contributed by atoms with Gasteiger partial charge in [-0.25, -0.2) is 0 Å². The first-order valence-corrected chi connectivity index (χ1v) is 4.94. The summed E-state index contributed by atoms with van der Waals surface area (Å²) in [6.45, 7) is 2.11. The minimum Gasteiger partial charge on any atom is -0.0998 e. The van der Waals surface area contributed by atoms with Gasteiger partial charge in [-0.1, -0.05) is 34.1 Å². The van der Waals surface area contributed by atoms with Gasteiger partial charge in [0.15, 0.2) is 0 Å². The lowest BCUT2D eigenvalue weighted by Gasteiger charge is -1.95. The molecule has 0 aromatic carbocycles. The molecule has 0 radical (unpaired) electrons. The summed E-state index contributed by atoms with van der Waals surface area (Å²) in [6, 6.07) is 0. The second-order valence-electron chi connectivity index (χ2n) is 1.16. The first kappa shape index (κ1) is 7.20. The second kappa shape index (κ2) is 4.36. The van der Waals surface area contributed by atoms with Crippen LogP contribution in [0.1, 0.15) is 6.92 Å². The van der Waals surface area contributed by atoms with Crippen LogP contribution in [0, 0.1) is 0 Å². The van der Waals surface area contributed by atoms with E-state index in [0.717, 1.165) is 5.33 Å². The summed E-state index contributed by atoms with van der Waals surface area (Å²) in [4.78, 5) is 0. The van der Waals surface area contributed by atoms with Gasteiger partial charge in [0.25, 0.3) is 0 Å². The van der Waals surface area contributed by atoms with Gasteiger partial charge in [0.05, 0.1) is 0 Å². The highest BCUT2D eigenvalue weighted by molar-refractivity contribution is 9.09. The molecule has 0 nitrogen and oxygen atoms in total. The minimum atomic E-state index is 0.557. The van der Waals surface area contributed by atoms with E-state index in [1.165, 1.54) is 0 Å². The third-order valence-electron chi connectivity index (χ3n) is 0.418. The number of alkyl halides is 1. The summed E-state index contributed by atoms with van der Waals surface area (Å²) >= 11 is 8.75. The fourth-order valence-corrected chi connectivity index (χ4v) is 1.36. The average molecular weight is 189 g/mol. The molecule has 0 aromatic heterocycles. The maximum absolute atomic E-state index is 5.45. The van der Waals surface area contributed by atoms with Gasteiger partial charge in [-0.3, -0.25) is 0 Å². The lowest BCUT2D eigenvalue weighted by atomic mass is 10.6. The van der Waals surface area contributed by atoms with Crippen molar-refractivity contribution in [3.63, 3.8) is 0 Å². The number of hydrogen-bond acceptors (Lipinski definition) is 0. The van der Waals surface area contributed by atoms with Crippen LogP contribution in [-0.2, 0) is 0 Å². The Kier molecular flexibility index (Phi) is 5.23. The van der Waals surface area contributed by atoms with Crippen molar-refractivity contribution in [3.05, 3.63) is 0 Å². The molecule has 6 heavy (non-hydrogen) atoms. The Hall–Kier alpha value is 1.20. The summed E-state index contributed by atoms with van der Waals surface area (Å²) in [5.74, 6) is 0. The Morgan fingerprint density at radius 3 is 2.50 bits per heavy atom. The number of hydrogen-bond donors (Lipinski definition) is 0. The minimum absolute atomic E-state index is 0.557. The van der Waals surface area contributed by atoms with Crippen molar-refractivity contribution >= 4 is 35.1 Å². The first-order chi connectivity index (χ1) is 2.81. The van der Waals surface area contributed by atoms with Gasteiger partial charge in [-0.15, -0.1) is 0 Å². The normalized spacial score (nSPS) is 16.5. The molecule has 0 spiro atoms. The molecule has 0 rings (SSSR count). The highest BCUT2D eigenvalue weighted by Gasteiger charge is 1.92. The van der Waals surface area contributed by atoms with E-state index >= 15 is 0 Å². The third-order valence-corrected chi connectivity index (χ3v) is 3.68. The van der Waals surface area contributed by atoms with Crippen LogP contribution in [0.2, 0.25) is 0 Å². The van der Waals surface area contributed by atoms with E-state index < -0.39 is 0 Å². The van der Waals surface area contributed by atoms with E-state index in [-0.39, 0.29) is 0 Å². The van der Waals surface area contributed by atoms with E-state index in [0.29, 0.717) is 13.6 Å². The molecule has 0 saturated heterocycles. The fourth-order valence-electron chi connectivity index (χ4n) is 0.0292. The first-order valence-electron chi connectivity index (χ1n) is 1.73. The van der Waals surface area contributed by atoms with Crippen LogP contribution in [0.5, 0.6) is 0 Å². The topological polar surface area (TPSA) is 0 Å². The monoisotopic (exact) mass is 188 g/mol. The zero-order valence-electron chi connectivity index (χ0n) is 3.54. The summed E-state index contributed by atoms with van der Waals surface area (Å²) < 4.78 is 0. The molecule has 0 aliphatic heterocycles. The van der Waals surface area contributed by atoms with Gasteiger partial charge in [0.1, 0.15) is 0 Å². The molecule has 2 unspecified atom stereocenters. The Balaban J connectivity index is 2.75. The lowest BCUT2D eigenvalue weighted by molar-refractivity contribution is 1.14. The van der Waals surface area contributed by atoms with Gasteiger partial charge in [0, 0.05) is 5.33 Å². The molecule has 0 aromatic rings. The second-order valence-corrected chi connectivity index (χ2v) is 3.67. The van der Waals surface area contributed by atoms with Crippen molar-refractivity contribution in [1.29, 1.82) is 0 Å². The predicted molar refractivity (Wildman–Crippen MR) is 37.4 cm³/mol. The smallest absolute Gasteiger partial charge is 0.0105 e. The summed E-state index contributed by atoms with van der Waals surface area (Å²) in [5.41, 5.74) is 0.645. The summed E-state index contributed by atoms with van der Waals surface area (Å²) in [5, 5.41) is 1.02. The molecule has 0 heterocycles. The van der Waals surface area contributed by atoms with E-state index in [1.807, 2.05) is 0 Å². The van der Waals surface area contributed by atoms with Crippen LogP contribution in [-0.4, -0.2) is 11.0 Å². The molecular weight excluding hydrogens is 182 g/mol. The van der Waals surface area contributed by atoms with Crippen molar-refractivity contribution in [1.82, 2.24) is 0 Å². The van der Waals surface area contributed by atoms with E-state index in [2.05, 4.69) is 22.9 Å². The Labute approximate surface area is 53.3 Å². The fraction of sp³-hybridized carbons (Fsp3) is 1.00. The van der Waals surface area contributed by atoms with Gasteiger partial charge in [-0.2, -0.15) is 0 Å². The number of halogens is 2. The van der Waals surface area contributed by atoms with E-state index in [9.17, 15) is 0 Å². The van der Waals surface area contributed by atoms with Crippen molar-refractivity contribution in [2.75, 3.05) is 5.33 Å². The van der Waals surface area contributed by atoms with Gasteiger partial charge < -0.3 is 0 Å². The predicted octanol–water partition coefficient (Wildman–Crippen LogP) is 2.60. The Bertz CT molecular complexity index is 30.0. The number of rotatable bonds is 2. The molecule has 2 atom stereocenters. The maximum Gasteiger partial charge on any atom is 0.0105 e. The molecule has 3 heteroatoms. The highest BCUT2D eigenvalue weighted by Crippen LogP contribution is 2.24. The molecule has 0 aliphatic rings. The van der Waals surface area contributed by atoms with Gasteiger partial charge >= 0.3 is 0 Å². The molecule has 0 aliphatic carbocycles. The molecular formula is C3H7BrClP. The Morgan fingerprint density at radius 1 is 2.00 bits per heavy atom. The molecule has 0 N–H and O–H groups in total. The van der Waals surface area contributed by atoms with Crippen molar-refractivity contribution in [3.8, 4) is 0 Å². The average Bonchev–Trinajstić information content (AvgIpc) is 1.65. The van der Waals surface area contributed by atoms with Crippen molar-refractivity contribution in [2.45, 2.75) is 12.6 Å². The van der Waals surface area contributed by atoms with Crippen LogP contribution in [0.4, 0.5) is 0 Å². The maximum atomic E-state index is 5.45. The molecule has 0 bridgehead atoms. The van der Waals surface area contributed by atoms with Crippen molar-refractivity contribution < 1.29 is 0 Å². The summed E-state index contributed by atoms with van der Waals surface area (Å²) in [6.07, 6.45) is 0. The zero-order chi connectivity index (χ0) is 4.99. The molecule has 0 saturated carbocycles. The lowest BCUT2D eigenvalue weighted by Crippen LogP contribution is -1.88. The zero-order valence-corrected chi connectivity index (χ0v) is 6.88. The van der Waals surface area contributed by atoms with Gasteiger partial charge in [-0.05, 0) is 13.6 Å². The molecule has 0 fully saturated rings. The largest absolute Gasteiger partial charge is 0.0998 e. The van der Waals surface area contributed by atoms with Crippen molar-refractivity contribution in [2.24, 2.45) is 0 Å². The highest BCUT2D eigenvalue weighted by atomic mass is 79.9. The Morgan fingerprint density at radius 2 is 2.50 bits per heavy atom. The van der Waals surface area contributed by atoms with Crippen LogP contribution < -0.4 is 0 Å². The van der Waals surface area contributed by atoms with Gasteiger partial charge in [0.2, 0.25) is 0 Å². The SMILES string of the molecule is CC(CBr)PCl. The third kappa shape index (κ3) is 3.39. The van der Waals surface area contributed by atoms with Crippen LogP contribution in [0.25, 0.3) is 0 Å².